The summed E-state index contributed by atoms with van der Waals surface area (Å²) in [4.78, 5) is 22.3. The summed E-state index contributed by atoms with van der Waals surface area (Å²) in [7, 11) is 3.27. The molecule has 1 unspecified atom stereocenters. The Morgan fingerprint density at radius 3 is 2.67 bits per heavy atom. The summed E-state index contributed by atoms with van der Waals surface area (Å²) in [6.45, 7) is 3.90. The molecule has 0 aliphatic rings. The standard InChI is InChI=1S/C25H24F2N6O3/c1-15(31-35-4)16-5-8-23(28-11-16)25(2,17-12-30-33(3)13-17)14-29-24(34)21-10-22(36-32-21)19-7-6-18(26)9-20(19)27/h5-13H,14H2,1-4H3,(H,29,34)/b31-15-. The minimum absolute atomic E-state index is 0.000237. The van der Waals surface area contributed by atoms with Crippen LogP contribution in [-0.4, -0.2) is 45.2 Å². The number of hydrogen-bond donors (Lipinski definition) is 1. The Hall–Kier alpha value is -4.41. The summed E-state index contributed by atoms with van der Waals surface area (Å²) < 4.78 is 34.1. The van der Waals surface area contributed by atoms with Crippen LogP contribution in [0.3, 0.4) is 0 Å². The molecule has 0 aliphatic carbocycles. The average molecular weight is 495 g/mol. The summed E-state index contributed by atoms with van der Waals surface area (Å²) in [5.41, 5.74) is 2.20. The maximum Gasteiger partial charge on any atom is 0.273 e. The number of rotatable bonds is 8. The summed E-state index contributed by atoms with van der Waals surface area (Å²) in [5, 5.41) is 14.8. The molecule has 0 saturated heterocycles. The van der Waals surface area contributed by atoms with E-state index in [-0.39, 0.29) is 23.6 Å². The van der Waals surface area contributed by atoms with Crippen molar-refractivity contribution in [3.05, 3.63) is 89.1 Å². The predicted molar refractivity (Wildman–Crippen MR) is 127 cm³/mol. The van der Waals surface area contributed by atoms with Gasteiger partial charge in [-0.05, 0) is 38.1 Å². The van der Waals surface area contributed by atoms with Crippen LogP contribution < -0.4 is 5.32 Å². The van der Waals surface area contributed by atoms with Crippen LogP contribution in [0, 0.1) is 11.6 Å². The number of pyridine rings is 1. The highest BCUT2D eigenvalue weighted by Gasteiger charge is 2.33. The van der Waals surface area contributed by atoms with Crippen LogP contribution in [0.1, 0.15) is 41.2 Å². The number of aromatic nitrogens is 4. The minimum atomic E-state index is -0.817. The van der Waals surface area contributed by atoms with Crippen LogP contribution in [0.15, 0.2) is 64.7 Å². The Morgan fingerprint density at radius 1 is 1.22 bits per heavy atom. The molecule has 0 saturated carbocycles. The van der Waals surface area contributed by atoms with Gasteiger partial charge in [-0.2, -0.15) is 5.10 Å². The van der Waals surface area contributed by atoms with Crippen molar-refractivity contribution >= 4 is 11.6 Å². The fourth-order valence-corrected chi connectivity index (χ4v) is 3.72. The van der Waals surface area contributed by atoms with Crippen LogP contribution in [0.25, 0.3) is 11.3 Å². The number of nitrogens with one attached hydrogen (secondary N) is 1. The van der Waals surface area contributed by atoms with E-state index in [1.165, 1.54) is 19.2 Å². The van der Waals surface area contributed by atoms with Gasteiger partial charge in [0.05, 0.1) is 28.6 Å². The molecule has 0 spiro atoms. The SMILES string of the molecule is CO/N=C(/C)c1ccc(C(C)(CNC(=O)c2cc(-c3ccc(F)cc3F)on2)c2cnn(C)c2)nc1. The largest absolute Gasteiger partial charge is 0.399 e. The number of aryl methyl sites for hydroxylation is 1. The Morgan fingerprint density at radius 2 is 2.03 bits per heavy atom. The number of halogens is 2. The van der Waals surface area contributed by atoms with Gasteiger partial charge in [0.15, 0.2) is 11.5 Å². The van der Waals surface area contributed by atoms with Crippen LogP contribution in [0.4, 0.5) is 8.78 Å². The second-order valence-corrected chi connectivity index (χ2v) is 8.41. The monoisotopic (exact) mass is 494 g/mol. The van der Waals surface area contributed by atoms with E-state index in [2.05, 4.69) is 25.7 Å². The molecule has 1 N–H and O–H groups in total. The molecule has 0 radical (unpaired) electrons. The first-order valence-corrected chi connectivity index (χ1v) is 11.0. The highest BCUT2D eigenvalue weighted by molar-refractivity contribution is 5.98. The van der Waals surface area contributed by atoms with Crippen molar-refractivity contribution < 1.29 is 22.9 Å². The highest BCUT2D eigenvalue weighted by atomic mass is 19.1. The van der Waals surface area contributed by atoms with E-state index < -0.39 is 23.0 Å². The fourth-order valence-electron chi connectivity index (χ4n) is 3.72. The minimum Gasteiger partial charge on any atom is -0.399 e. The molecule has 9 nitrogen and oxygen atoms in total. The number of oxime groups is 1. The third kappa shape index (κ3) is 4.99. The molecule has 4 rings (SSSR count). The molecule has 0 aliphatic heterocycles. The van der Waals surface area contributed by atoms with Crippen LogP contribution in [-0.2, 0) is 17.3 Å². The molecular formula is C25H24F2N6O3. The van der Waals surface area contributed by atoms with Gasteiger partial charge in [-0.15, -0.1) is 0 Å². The van der Waals surface area contributed by atoms with Gasteiger partial charge in [0.1, 0.15) is 18.7 Å². The molecule has 0 bridgehead atoms. The van der Waals surface area contributed by atoms with Crippen LogP contribution in [0.2, 0.25) is 0 Å². The Kier molecular flexibility index (Phi) is 6.91. The van der Waals surface area contributed by atoms with E-state index in [0.29, 0.717) is 11.4 Å². The molecule has 1 amide bonds. The molecule has 3 aromatic heterocycles. The van der Waals surface area contributed by atoms with Crippen molar-refractivity contribution in [3.8, 4) is 11.3 Å². The quantitative estimate of drug-likeness (QED) is 0.295. The van der Waals surface area contributed by atoms with Gasteiger partial charge in [-0.25, -0.2) is 8.78 Å². The second kappa shape index (κ2) is 10.1. The third-order valence-electron chi connectivity index (χ3n) is 5.86. The molecule has 11 heteroatoms. The molecule has 1 atom stereocenters. The first-order chi connectivity index (χ1) is 17.2. The lowest BCUT2D eigenvalue weighted by Crippen LogP contribution is -2.40. The van der Waals surface area contributed by atoms with Gasteiger partial charge < -0.3 is 14.7 Å². The first-order valence-electron chi connectivity index (χ1n) is 11.0. The van der Waals surface area contributed by atoms with Crippen molar-refractivity contribution in [1.29, 1.82) is 0 Å². The number of carbonyl (C=O) groups is 1. The second-order valence-electron chi connectivity index (χ2n) is 8.41. The van der Waals surface area contributed by atoms with E-state index in [9.17, 15) is 13.6 Å². The zero-order chi connectivity index (χ0) is 25.9. The van der Waals surface area contributed by atoms with Gasteiger partial charge in [-0.1, -0.05) is 10.3 Å². The summed E-state index contributed by atoms with van der Waals surface area (Å²) in [5.74, 6) is -2.05. The summed E-state index contributed by atoms with van der Waals surface area (Å²) >= 11 is 0. The molecule has 1 aromatic carbocycles. The first kappa shape index (κ1) is 24.7. The average Bonchev–Trinajstić information content (AvgIpc) is 3.52. The lowest BCUT2D eigenvalue weighted by Gasteiger charge is -2.28. The van der Waals surface area contributed by atoms with Crippen LogP contribution >= 0.6 is 0 Å². The Bertz CT molecular complexity index is 1410. The predicted octanol–water partition coefficient (Wildman–Crippen LogP) is 3.85. The highest BCUT2D eigenvalue weighted by Crippen LogP contribution is 2.30. The Balaban J connectivity index is 1.57. The summed E-state index contributed by atoms with van der Waals surface area (Å²) in [6.07, 6.45) is 5.25. The third-order valence-corrected chi connectivity index (χ3v) is 5.86. The van der Waals surface area contributed by atoms with E-state index in [1.54, 1.807) is 24.1 Å². The molecule has 4 aromatic rings. The number of amides is 1. The van der Waals surface area contributed by atoms with E-state index >= 15 is 0 Å². The number of hydrogen-bond acceptors (Lipinski definition) is 7. The van der Waals surface area contributed by atoms with Gasteiger partial charge in [0.2, 0.25) is 0 Å². The van der Waals surface area contributed by atoms with Crippen molar-refractivity contribution in [2.75, 3.05) is 13.7 Å². The van der Waals surface area contributed by atoms with Gasteiger partial charge in [0, 0.05) is 49.2 Å². The van der Waals surface area contributed by atoms with E-state index in [4.69, 9.17) is 9.36 Å². The molecule has 0 fully saturated rings. The van der Waals surface area contributed by atoms with E-state index in [1.807, 2.05) is 32.2 Å². The lowest BCUT2D eigenvalue weighted by atomic mass is 9.80. The lowest BCUT2D eigenvalue weighted by molar-refractivity contribution is 0.0938. The number of carbonyl (C=O) groups excluding carboxylic acids is 1. The number of nitrogens with zero attached hydrogens (tertiary/aromatic N) is 5. The maximum absolute atomic E-state index is 14.1. The zero-order valence-corrected chi connectivity index (χ0v) is 20.1. The smallest absolute Gasteiger partial charge is 0.273 e. The zero-order valence-electron chi connectivity index (χ0n) is 20.1. The maximum atomic E-state index is 14.1. The van der Waals surface area contributed by atoms with Crippen molar-refractivity contribution in [2.24, 2.45) is 12.2 Å². The fraction of sp³-hybridized carbons (Fsp3) is 0.240. The number of benzene rings is 1. The van der Waals surface area contributed by atoms with Crippen molar-refractivity contribution in [3.63, 3.8) is 0 Å². The molecular weight excluding hydrogens is 470 g/mol. The summed E-state index contributed by atoms with van der Waals surface area (Å²) in [6, 6.07) is 8.09. The normalized spacial score (nSPS) is 13.3. The van der Waals surface area contributed by atoms with Crippen molar-refractivity contribution in [2.45, 2.75) is 19.3 Å². The molecule has 186 valence electrons. The molecule has 36 heavy (non-hydrogen) atoms. The van der Waals surface area contributed by atoms with Crippen LogP contribution in [0.5, 0.6) is 0 Å². The van der Waals surface area contributed by atoms with Gasteiger partial charge in [0.25, 0.3) is 5.91 Å². The van der Waals surface area contributed by atoms with Gasteiger partial charge in [-0.3, -0.25) is 14.5 Å². The van der Waals surface area contributed by atoms with E-state index in [0.717, 1.165) is 23.3 Å². The topological polar surface area (TPSA) is 107 Å². The van der Waals surface area contributed by atoms with Crippen molar-refractivity contribution in [1.82, 2.24) is 25.2 Å². The van der Waals surface area contributed by atoms with Gasteiger partial charge >= 0.3 is 0 Å². The molecule has 3 heterocycles. The Labute approximate surface area is 205 Å².